The molecule has 0 aromatic heterocycles. The predicted molar refractivity (Wildman–Crippen MR) is 91.3 cm³/mol. The fraction of sp³-hybridized carbons (Fsp3) is 0.667. The third kappa shape index (κ3) is 10.0. The minimum absolute atomic E-state index is 0.699. The minimum atomic E-state index is 0.699. The molecule has 0 N–H and O–H groups in total. The summed E-state index contributed by atoms with van der Waals surface area (Å²) in [5, 5.41) is 0.831. The van der Waals surface area contributed by atoms with E-state index >= 15 is 0 Å². The minimum Gasteiger partial charge on any atom is -0.0843 e. The van der Waals surface area contributed by atoms with Gasteiger partial charge in [-0.05, 0) is 42.4 Å². The van der Waals surface area contributed by atoms with Crippen LogP contribution in [0.4, 0.5) is 0 Å². The van der Waals surface area contributed by atoms with Crippen LogP contribution in [0.2, 0.25) is 5.02 Å². The SMILES string of the molecule is CC.CC.CCC(CCC(C)C)c1ccc(Cl)cc1. The van der Waals surface area contributed by atoms with Gasteiger partial charge in [0.1, 0.15) is 0 Å². The molecule has 1 aromatic rings. The van der Waals surface area contributed by atoms with Crippen LogP contribution in [-0.4, -0.2) is 0 Å². The van der Waals surface area contributed by atoms with Crippen molar-refractivity contribution in [1.82, 2.24) is 0 Å². The van der Waals surface area contributed by atoms with Crippen LogP contribution < -0.4 is 0 Å². The van der Waals surface area contributed by atoms with Gasteiger partial charge >= 0.3 is 0 Å². The van der Waals surface area contributed by atoms with Crippen LogP contribution in [0, 0.1) is 5.92 Å². The average molecular weight is 285 g/mol. The lowest BCUT2D eigenvalue weighted by Gasteiger charge is -2.16. The van der Waals surface area contributed by atoms with E-state index in [1.807, 2.05) is 39.8 Å². The van der Waals surface area contributed by atoms with E-state index in [4.69, 9.17) is 11.6 Å². The Morgan fingerprint density at radius 3 is 1.74 bits per heavy atom. The summed E-state index contributed by atoms with van der Waals surface area (Å²) >= 11 is 5.89. The van der Waals surface area contributed by atoms with Crippen LogP contribution in [0.3, 0.4) is 0 Å². The quantitative estimate of drug-likeness (QED) is 0.531. The topological polar surface area (TPSA) is 0 Å². The fourth-order valence-electron chi connectivity index (χ4n) is 1.88. The number of halogens is 1. The fourth-order valence-corrected chi connectivity index (χ4v) is 2.00. The van der Waals surface area contributed by atoms with Gasteiger partial charge in [0.25, 0.3) is 0 Å². The molecule has 0 aliphatic rings. The smallest absolute Gasteiger partial charge is 0.0406 e. The first-order chi connectivity index (χ1) is 9.13. The Hall–Kier alpha value is -0.490. The van der Waals surface area contributed by atoms with Crippen molar-refractivity contribution in [2.24, 2.45) is 5.92 Å². The van der Waals surface area contributed by atoms with Crippen molar-refractivity contribution in [3.63, 3.8) is 0 Å². The molecule has 19 heavy (non-hydrogen) atoms. The molecule has 112 valence electrons. The number of benzene rings is 1. The largest absolute Gasteiger partial charge is 0.0843 e. The van der Waals surface area contributed by atoms with E-state index < -0.39 is 0 Å². The molecule has 0 spiro atoms. The van der Waals surface area contributed by atoms with Crippen LogP contribution in [0.5, 0.6) is 0 Å². The summed E-state index contributed by atoms with van der Waals surface area (Å²) < 4.78 is 0. The van der Waals surface area contributed by atoms with Crippen molar-refractivity contribution in [1.29, 1.82) is 0 Å². The molecule has 0 nitrogen and oxygen atoms in total. The second-order valence-corrected chi connectivity index (χ2v) is 5.06. The summed E-state index contributed by atoms with van der Waals surface area (Å²) in [4.78, 5) is 0. The highest BCUT2D eigenvalue weighted by molar-refractivity contribution is 6.30. The Balaban J connectivity index is 0. The van der Waals surface area contributed by atoms with Crippen molar-refractivity contribution in [2.75, 3.05) is 0 Å². The molecule has 0 amide bonds. The van der Waals surface area contributed by atoms with Gasteiger partial charge in [-0.1, -0.05) is 78.6 Å². The van der Waals surface area contributed by atoms with Gasteiger partial charge in [-0.25, -0.2) is 0 Å². The lowest BCUT2D eigenvalue weighted by molar-refractivity contribution is 0.492. The van der Waals surface area contributed by atoms with Crippen molar-refractivity contribution in [3.05, 3.63) is 34.9 Å². The standard InChI is InChI=1S/C14H21Cl.2C2H6/c1-4-12(6-5-11(2)3)13-7-9-14(15)10-8-13;2*1-2/h7-12H,4-6H2,1-3H3;2*1-2H3. The molecular formula is C18H33Cl. The molecule has 1 aromatic carbocycles. The molecule has 0 radical (unpaired) electrons. The summed E-state index contributed by atoms with van der Waals surface area (Å²) in [5.41, 5.74) is 1.43. The van der Waals surface area contributed by atoms with Gasteiger partial charge in [-0.2, -0.15) is 0 Å². The van der Waals surface area contributed by atoms with Crippen molar-refractivity contribution in [3.8, 4) is 0 Å². The first-order valence-corrected chi connectivity index (χ1v) is 8.26. The molecule has 0 aliphatic heterocycles. The van der Waals surface area contributed by atoms with Crippen molar-refractivity contribution >= 4 is 11.6 Å². The summed E-state index contributed by atoms with van der Waals surface area (Å²) in [5.74, 6) is 1.50. The third-order valence-electron chi connectivity index (χ3n) is 2.93. The Morgan fingerprint density at radius 2 is 1.37 bits per heavy atom. The molecule has 0 saturated carbocycles. The number of rotatable bonds is 5. The van der Waals surface area contributed by atoms with Crippen LogP contribution in [0.1, 0.15) is 79.2 Å². The molecule has 0 aliphatic carbocycles. The highest BCUT2D eigenvalue weighted by Gasteiger charge is 2.09. The molecule has 0 saturated heterocycles. The van der Waals surface area contributed by atoms with Crippen LogP contribution in [0.25, 0.3) is 0 Å². The Morgan fingerprint density at radius 1 is 0.895 bits per heavy atom. The first-order valence-electron chi connectivity index (χ1n) is 7.89. The van der Waals surface area contributed by atoms with Crippen molar-refractivity contribution in [2.45, 2.75) is 73.6 Å². The zero-order valence-electron chi connectivity index (χ0n) is 14.0. The maximum absolute atomic E-state index is 5.89. The summed E-state index contributed by atoms with van der Waals surface area (Å²) in [6.45, 7) is 14.8. The van der Waals surface area contributed by atoms with Gasteiger partial charge in [-0.15, -0.1) is 0 Å². The molecule has 0 fully saturated rings. The molecule has 1 unspecified atom stereocenters. The van der Waals surface area contributed by atoms with Crippen LogP contribution in [0.15, 0.2) is 24.3 Å². The summed E-state index contributed by atoms with van der Waals surface area (Å²) in [6, 6.07) is 8.32. The molecular weight excluding hydrogens is 252 g/mol. The van der Waals surface area contributed by atoms with Crippen LogP contribution in [-0.2, 0) is 0 Å². The Bertz CT molecular complexity index is 274. The van der Waals surface area contributed by atoms with Gasteiger partial charge in [0.2, 0.25) is 0 Å². The van der Waals surface area contributed by atoms with E-state index in [2.05, 4.69) is 32.9 Å². The summed E-state index contributed by atoms with van der Waals surface area (Å²) in [7, 11) is 0. The van der Waals surface area contributed by atoms with Gasteiger partial charge in [0.05, 0.1) is 0 Å². The molecule has 0 bridgehead atoms. The molecule has 1 heteroatoms. The van der Waals surface area contributed by atoms with E-state index in [0.29, 0.717) is 5.92 Å². The van der Waals surface area contributed by atoms with Crippen LogP contribution >= 0.6 is 11.6 Å². The van der Waals surface area contributed by atoms with E-state index in [1.165, 1.54) is 24.8 Å². The number of hydrogen-bond donors (Lipinski definition) is 0. The molecule has 1 rings (SSSR count). The monoisotopic (exact) mass is 284 g/mol. The van der Waals surface area contributed by atoms with Gasteiger partial charge in [-0.3, -0.25) is 0 Å². The van der Waals surface area contributed by atoms with E-state index in [0.717, 1.165) is 10.9 Å². The Kier molecular flexibility index (Phi) is 15.3. The zero-order chi connectivity index (χ0) is 15.3. The molecule has 0 heterocycles. The van der Waals surface area contributed by atoms with E-state index in [9.17, 15) is 0 Å². The Labute approximate surface area is 126 Å². The second kappa shape index (κ2) is 13.9. The van der Waals surface area contributed by atoms with Gasteiger partial charge in [0.15, 0.2) is 0 Å². The molecule has 1 atom stereocenters. The first kappa shape index (κ1) is 20.8. The van der Waals surface area contributed by atoms with Gasteiger partial charge in [0, 0.05) is 5.02 Å². The maximum atomic E-state index is 5.89. The lowest BCUT2D eigenvalue weighted by Crippen LogP contribution is -1.99. The summed E-state index contributed by atoms with van der Waals surface area (Å²) in [6.07, 6.45) is 3.81. The average Bonchev–Trinajstić information content (AvgIpc) is 2.45. The predicted octanol–water partition coefficient (Wildman–Crippen LogP) is 7.32. The highest BCUT2D eigenvalue weighted by atomic mass is 35.5. The highest BCUT2D eigenvalue weighted by Crippen LogP contribution is 2.27. The van der Waals surface area contributed by atoms with Crippen molar-refractivity contribution < 1.29 is 0 Å². The van der Waals surface area contributed by atoms with E-state index in [1.54, 1.807) is 0 Å². The third-order valence-corrected chi connectivity index (χ3v) is 3.18. The van der Waals surface area contributed by atoms with E-state index in [-0.39, 0.29) is 0 Å². The van der Waals surface area contributed by atoms with Gasteiger partial charge < -0.3 is 0 Å². The zero-order valence-corrected chi connectivity index (χ0v) is 14.7. The normalized spacial score (nSPS) is 11.0. The lowest BCUT2D eigenvalue weighted by atomic mass is 9.89. The second-order valence-electron chi connectivity index (χ2n) is 4.63. The maximum Gasteiger partial charge on any atom is 0.0406 e. The number of hydrogen-bond acceptors (Lipinski definition) is 0.